The Morgan fingerprint density at radius 2 is 2.00 bits per heavy atom. The minimum absolute atomic E-state index is 0.148. The van der Waals surface area contributed by atoms with Gasteiger partial charge in [-0.05, 0) is 12.1 Å². The second-order valence-corrected chi connectivity index (χ2v) is 5.06. The first kappa shape index (κ1) is 12.5. The third kappa shape index (κ3) is 5.74. The summed E-state index contributed by atoms with van der Waals surface area (Å²) in [5.41, 5.74) is 0. The van der Waals surface area contributed by atoms with Crippen LogP contribution in [0.4, 0.5) is 0 Å². The predicted octanol–water partition coefficient (Wildman–Crippen LogP) is 2.68. The molecule has 0 saturated carbocycles. The number of benzene rings is 1. The summed E-state index contributed by atoms with van der Waals surface area (Å²) in [7, 11) is 1.42. The van der Waals surface area contributed by atoms with Crippen LogP contribution < -0.4 is 0 Å². The lowest BCUT2D eigenvalue weighted by Gasteiger charge is -2.01. The normalized spacial score (nSPS) is 9.93. The molecule has 0 aliphatic carbocycles. The molecule has 15 heavy (non-hydrogen) atoms. The molecule has 0 bridgehead atoms. The first-order chi connectivity index (χ1) is 7.33. The average molecular weight is 242 g/mol. The molecule has 82 valence electrons. The molecule has 4 heteroatoms. The van der Waals surface area contributed by atoms with Crippen LogP contribution in [-0.2, 0) is 9.53 Å². The molecule has 1 aromatic rings. The lowest BCUT2D eigenvalue weighted by Crippen LogP contribution is -2.04. The quantitative estimate of drug-likeness (QED) is 0.435. The Hall–Kier alpha value is -0.610. The van der Waals surface area contributed by atoms with Crippen molar-refractivity contribution in [3.8, 4) is 0 Å². The second kappa shape index (κ2) is 7.65. The zero-order valence-corrected chi connectivity index (χ0v) is 10.3. The Labute approximate surface area is 98.8 Å². The van der Waals surface area contributed by atoms with Gasteiger partial charge in [-0.15, -0.1) is 23.5 Å². The molecule has 0 heterocycles. The summed E-state index contributed by atoms with van der Waals surface area (Å²) in [6, 6.07) is 10.3. The van der Waals surface area contributed by atoms with Gasteiger partial charge >= 0.3 is 5.97 Å². The summed E-state index contributed by atoms with van der Waals surface area (Å²) >= 11 is 3.42. The fraction of sp³-hybridized carbons (Fsp3) is 0.364. The summed E-state index contributed by atoms with van der Waals surface area (Å²) < 4.78 is 4.55. The molecule has 2 nitrogen and oxygen atoms in total. The zero-order valence-electron chi connectivity index (χ0n) is 8.64. The SMILES string of the molecule is COC(=O)CSCCSc1ccccc1. The summed E-state index contributed by atoms with van der Waals surface area (Å²) in [5, 5.41) is 0. The summed E-state index contributed by atoms with van der Waals surface area (Å²) in [6.07, 6.45) is 0. The van der Waals surface area contributed by atoms with Gasteiger partial charge in [-0.2, -0.15) is 0 Å². The Morgan fingerprint density at radius 3 is 2.67 bits per heavy atom. The summed E-state index contributed by atoms with van der Waals surface area (Å²) in [4.78, 5) is 12.1. The first-order valence-corrected chi connectivity index (χ1v) is 6.79. The molecule has 0 unspecified atom stereocenters. The minimum atomic E-state index is -0.148. The lowest BCUT2D eigenvalue weighted by molar-refractivity contribution is -0.137. The Kier molecular flexibility index (Phi) is 6.36. The molecule has 0 aliphatic heterocycles. The van der Waals surface area contributed by atoms with Gasteiger partial charge < -0.3 is 4.74 Å². The van der Waals surface area contributed by atoms with Crippen molar-refractivity contribution >= 4 is 29.5 Å². The largest absolute Gasteiger partial charge is 0.468 e. The summed E-state index contributed by atoms with van der Waals surface area (Å²) in [6.45, 7) is 0. The van der Waals surface area contributed by atoms with E-state index in [9.17, 15) is 4.79 Å². The van der Waals surface area contributed by atoms with Crippen LogP contribution in [0.3, 0.4) is 0 Å². The number of hydrogen-bond donors (Lipinski definition) is 0. The van der Waals surface area contributed by atoms with Crippen LogP contribution in [0.15, 0.2) is 35.2 Å². The fourth-order valence-electron chi connectivity index (χ4n) is 0.950. The van der Waals surface area contributed by atoms with Crippen LogP contribution in [0.25, 0.3) is 0 Å². The van der Waals surface area contributed by atoms with Crippen molar-refractivity contribution in [3.63, 3.8) is 0 Å². The van der Waals surface area contributed by atoms with Gasteiger partial charge in [0.05, 0.1) is 12.9 Å². The molecular formula is C11H14O2S2. The molecule has 0 aliphatic rings. The van der Waals surface area contributed by atoms with Crippen LogP contribution in [0, 0.1) is 0 Å². The van der Waals surface area contributed by atoms with Crippen molar-refractivity contribution in [2.75, 3.05) is 24.4 Å². The Bertz CT molecular complexity index is 288. The van der Waals surface area contributed by atoms with E-state index in [1.165, 1.54) is 12.0 Å². The number of carbonyl (C=O) groups excluding carboxylic acids is 1. The molecule has 0 aromatic heterocycles. The van der Waals surface area contributed by atoms with Gasteiger partial charge in [0.1, 0.15) is 0 Å². The molecule has 0 saturated heterocycles. The van der Waals surface area contributed by atoms with E-state index in [-0.39, 0.29) is 5.97 Å². The monoisotopic (exact) mass is 242 g/mol. The van der Waals surface area contributed by atoms with Crippen LogP contribution >= 0.6 is 23.5 Å². The Balaban J connectivity index is 2.05. The standard InChI is InChI=1S/C11H14O2S2/c1-13-11(12)9-14-7-8-15-10-5-3-2-4-6-10/h2-6H,7-9H2,1H3. The number of thioether (sulfide) groups is 2. The van der Waals surface area contributed by atoms with Gasteiger partial charge in [0.25, 0.3) is 0 Å². The number of esters is 1. The van der Waals surface area contributed by atoms with E-state index in [4.69, 9.17) is 0 Å². The molecule has 0 N–H and O–H groups in total. The summed E-state index contributed by atoms with van der Waals surface area (Å²) in [5.74, 6) is 2.29. The molecule has 0 fully saturated rings. The molecule has 0 spiro atoms. The van der Waals surface area contributed by atoms with Crippen molar-refractivity contribution in [3.05, 3.63) is 30.3 Å². The first-order valence-electron chi connectivity index (χ1n) is 4.65. The number of hydrogen-bond acceptors (Lipinski definition) is 4. The minimum Gasteiger partial charge on any atom is -0.468 e. The van der Waals surface area contributed by atoms with Gasteiger partial charge in [0.15, 0.2) is 0 Å². The Morgan fingerprint density at radius 1 is 1.27 bits per heavy atom. The van der Waals surface area contributed by atoms with Gasteiger partial charge in [-0.3, -0.25) is 4.79 Å². The second-order valence-electron chi connectivity index (χ2n) is 2.79. The highest BCUT2D eigenvalue weighted by atomic mass is 32.2. The topological polar surface area (TPSA) is 26.3 Å². The van der Waals surface area contributed by atoms with E-state index in [0.717, 1.165) is 11.5 Å². The number of methoxy groups -OCH3 is 1. The van der Waals surface area contributed by atoms with Crippen LogP contribution in [0.1, 0.15) is 0 Å². The van der Waals surface area contributed by atoms with E-state index in [1.54, 1.807) is 23.5 Å². The highest BCUT2D eigenvalue weighted by molar-refractivity contribution is 8.03. The van der Waals surface area contributed by atoms with Crippen molar-refractivity contribution < 1.29 is 9.53 Å². The predicted molar refractivity (Wildman–Crippen MR) is 66.5 cm³/mol. The molecule has 0 atom stereocenters. The molecule has 1 rings (SSSR count). The number of rotatable bonds is 6. The highest BCUT2D eigenvalue weighted by Crippen LogP contribution is 2.18. The van der Waals surface area contributed by atoms with E-state index < -0.39 is 0 Å². The van der Waals surface area contributed by atoms with Crippen LogP contribution in [-0.4, -0.2) is 30.3 Å². The third-order valence-corrected chi connectivity index (χ3v) is 3.89. The fourth-order valence-corrected chi connectivity index (χ4v) is 2.77. The van der Waals surface area contributed by atoms with Crippen molar-refractivity contribution in [2.45, 2.75) is 4.90 Å². The maximum atomic E-state index is 10.8. The van der Waals surface area contributed by atoms with Crippen molar-refractivity contribution in [1.29, 1.82) is 0 Å². The number of carbonyl (C=O) groups is 1. The maximum absolute atomic E-state index is 10.8. The van der Waals surface area contributed by atoms with E-state index in [0.29, 0.717) is 5.75 Å². The third-order valence-electron chi connectivity index (χ3n) is 1.69. The van der Waals surface area contributed by atoms with E-state index >= 15 is 0 Å². The van der Waals surface area contributed by atoms with Gasteiger partial charge in [-0.1, -0.05) is 18.2 Å². The van der Waals surface area contributed by atoms with Crippen molar-refractivity contribution in [1.82, 2.24) is 0 Å². The highest BCUT2D eigenvalue weighted by Gasteiger charge is 1.99. The smallest absolute Gasteiger partial charge is 0.315 e. The van der Waals surface area contributed by atoms with Crippen LogP contribution in [0.2, 0.25) is 0 Å². The molecule has 0 amide bonds. The average Bonchev–Trinajstić information content (AvgIpc) is 2.29. The zero-order chi connectivity index (χ0) is 10.9. The molecule has 0 radical (unpaired) electrons. The van der Waals surface area contributed by atoms with Gasteiger partial charge in [0.2, 0.25) is 0 Å². The lowest BCUT2D eigenvalue weighted by atomic mass is 10.4. The van der Waals surface area contributed by atoms with Crippen molar-refractivity contribution in [2.24, 2.45) is 0 Å². The number of ether oxygens (including phenoxy) is 1. The van der Waals surface area contributed by atoms with E-state index in [2.05, 4.69) is 16.9 Å². The molecular weight excluding hydrogens is 228 g/mol. The van der Waals surface area contributed by atoms with Gasteiger partial charge in [-0.25, -0.2) is 0 Å². The van der Waals surface area contributed by atoms with Crippen LogP contribution in [0.5, 0.6) is 0 Å². The molecule has 1 aromatic carbocycles. The van der Waals surface area contributed by atoms with Gasteiger partial charge in [0, 0.05) is 16.4 Å². The van der Waals surface area contributed by atoms with E-state index in [1.807, 2.05) is 18.2 Å². The maximum Gasteiger partial charge on any atom is 0.315 e.